The second-order valence-corrected chi connectivity index (χ2v) is 4.52. The third kappa shape index (κ3) is 3.18. The second-order valence-electron chi connectivity index (χ2n) is 4.52. The third-order valence-electron chi connectivity index (χ3n) is 3.24. The topological polar surface area (TPSA) is 95.7 Å². The Bertz CT molecular complexity index is 784. The summed E-state index contributed by atoms with van der Waals surface area (Å²) in [4.78, 5) is 34.1. The van der Waals surface area contributed by atoms with Gasteiger partial charge in [-0.1, -0.05) is 18.2 Å². The first-order chi connectivity index (χ1) is 11.0. The molecule has 0 aliphatic rings. The fourth-order valence-electron chi connectivity index (χ4n) is 2.16. The second kappa shape index (κ2) is 6.69. The number of carbonyl (C=O) groups is 2. The highest BCUT2D eigenvalue weighted by molar-refractivity contribution is 5.99. The number of nitrogens with zero attached hydrogens (tertiary/aromatic N) is 1. The number of benzene rings is 2. The Balaban J connectivity index is 2.67. The van der Waals surface area contributed by atoms with Gasteiger partial charge in [-0.05, 0) is 18.2 Å². The monoisotopic (exact) mass is 315 g/mol. The highest BCUT2D eigenvalue weighted by Crippen LogP contribution is 2.33. The zero-order valence-electron chi connectivity index (χ0n) is 12.4. The van der Waals surface area contributed by atoms with Gasteiger partial charge in [0.1, 0.15) is 0 Å². The van der Waals surface area contributed by atoms with E-state index >= 15 is 0 Å². The highest BCUT2D eigenvalue weighted by Gasteiger charge is 2.22. The van der Waals surface area contributed by atoms with Gasteiger partial charge in [-0.3, -0.25) is 10.1 Å². The van der Waals surface area contributed by atoms with E-state index in [0.717, 1.165) is 6.07 Å². The van der Waals surface area contributed by atoms with Crippen LogP contribution >= 0.6 is 0 Å². The molecule has 0 radical (unpaired) electrons. The Kier molecular flexibility index (Phi) is 4.70. The average molecular weight is 315 g/mol. The van der Waals surface area contributed by atoms with Crippen LogP contribution in [0.2, 0.25) is 0 Å². The molecule has 0 aliphatic carbocycles. The maximum Gasteiger partial charge on any atom is 0.338 e. The van der Waals surface area contributed by atoms with E-state index in [2.05, 4.69) is 4.74 Å². The number of carbonyl (C=O) groups excluding carboxylic acids is 2. The molecule has 0 aliphatic heterocycles. The maximum atomic E-state index is 11.8. The van der Waals surface area contributed by atoms with Gasteiger partial charge in [-0.2, -0.15) is 0 Å². The summed E-state index contributed by atoms with van der Waals surface area (Å²) in [5.74, 6) is -1.28. The molecule has 2 aromatic rings. The number of esters is 2. The maximum absolute atomic E-state index is 11.8. The van der Waals surface area contributed by atoms with Crippen LogP contribution < -0.4 is 0 Å². The number of rotatable bonds is 4. The molecule has 2 aromatic carbocycles. The van der Waals surface area contributed by atoms with E-state index in [1.165, 1.54) is 32.4 Å². The minimum atomic E-state index is -0.680. The quantitative estimate of drug-likeness (QED) is 0.489. The van der Waals surface area contributed by atoms with Crippen LogP contribution in [0, 0.1) is 10.1 Å². The van der Waals surface area contributed by atoms with E-state index in [4.69, 9.17) is 4.74 Å². The van der Waals surface area contributed by atoms with Crippen LogP contribution in [0.3, 0.4) is 0 Å². The molecule has 0 saturated heterocycles. The fraction of sp³-hybridized carbons (Fsp3) is 0.125. The average Bonchev–Trinajstić information content (AvgIpc) is 2.59. The van der Waals surface area contributed by atoms with E-state index in [-0.39, 0.29) is 22.4 Å². The molecule has 0 unspecified atom stereocenters. The fourth-order valence-corrected chi connectivity index (χ4v) is 2.16. The van der Waals surface area contributed by atoms with Crippen LogP contribution in [0.15, 0.2) is 42.5 Å². The van der Waals surface area contributed by atoms with Crippen molar-refractivity contribution in [2.75, 3.05) is 14.2 Å². The van der Waals surface area contributed by atoms with Crippen LogP contribution in [0.1, 0.15) is 20.7 Å². The molecular formula is C16H13NO6. The highest BCUT2D eigenvalue weighted by atomic mass is 16.6. The summed E-state index contributed by atoms with van der Waals surface area (Å²) in [5.41, 5.74) is 0.512. The SMILES string of the molecule is COC(=O)c1ccc(-c2ccccc2C(=O)OC)c([N+](=O)[O-])c1. The zero-order valence-corrected chi connectivity index (χ0v) is 12.4. The van der Waals surface area contributed by atoms with Gasteiger partial charge in [-0.25, -0.2) is 9.59 Å². The molecule has 2 rings (SSSR count). The number of nitro groups is 1. The van der Waals surface area contributed by atoms with Crippen LogP contribution in [-0.4, -0.2) is 31.1 Å². The molecule has 0 heterocycles. The third-order valence-corrected chi connectivity index (χ3v) is 3.24. The van der Waals surface area contributed by atoms with Gasteiger partial charge in [0.2, 0.25) is 0 Å². The van der Waals surface area contributed by atoms with E-state index in [1.54, 1.807) is 18.2 Å². The van der Waals surface area contributed by atoms with Gasteiger partial charge in [0.15, 0.2) is 0 Å². The first kappa shape index (κ1) is 16.2. The van der Waals surface area contributed by atoms with Crippen molar-refractivity contribution in [3.05, 3.63) is 63.7 Å². The predicted octanol–water partition coefficient (Wildman–Crippen LogP) is 2.84. The number of nitro benzene ring substituents is 1. The zero-order chi connectivity index (χ0) is 17.0. The standard InChI is InChI=1S/C16H13NO6/c1-22-15(18)10-7-8-12(14(9-10)17(20)21)11-5-3-4-6-13(11)16(19)23-2/h3-9H,1-2H3. The van der Waals surface area contributed by atoms with Gasteiger partial charge in [0, 0.05) is 11.6 Å². The van der Waals surface area contributed by atoms with E-state index in [9.17, 15) is 19.7 Å². The molecule has 0 atom stereocenters. The van der Waals surface area contributed by atoms with Crippen molar-refractivity contribution >= 4 is 17.6 Å². The van der Waals surface area contributed by atoms with Crippen molar-refractivity contribution in [2.45, 2.75) is 0 Å². The molecule has 0 saturated carbocycles. The number of hydrogen-bond acceptors (Lipinski definition) is 6. The lowest BCUT2D eigenvalue weighted by molar-refractivity contribution is -0.384. The van der Waals surface area contributed by atoms with Crippen molar-refractivity contribution in [2.24, 2.45) is 0 Å². The Hall–Kier alpha value is -3.22. The Labute approximate surface area is 131 Å². The van der Waals surface area contributed by atoms with Crippen LogP contribution in [0.4, 0.5) is 5.69 Å². The van der Waals surface area contributed by atoms with Crippen molar-refractivity contribution in [1.82, 2.24) is 0 Å². The smallest absolute Gasteiger partial charge is 0.338 e. The minimum Gasteiger partial charge on any atom is -0.465 e. The van der Waals surface area contributed by atoms with Crippen molar-refractivity contribution in [3.8, 4) is 11.1 Å². The largest absolute Gasteiger partial charge is 0.465 e. The van der Waals surface area contributed by atoms with Gasteiger partial charge in [-0.15, -0.1) is 0 Å². The molecule has 23 heavy (non-hydrogen) atoms. The number of methoxy groups -OCH3 is 2. The lowest BCUT2D eigenvalue weighted by Gasteiger charge is -2.09. The van der Waals surface area contributed by atoms with E-state index < -0.39 is 16.9 Å². The summed E-state index contributed by atoms with van der Waals surface area (Å²) in [6.45, 7) is 0. The van der Waals surface area contributed by atoms with Crippen LogP contribution in [-0.2, 0) is 9.47 Å². The molecule has 0 spiro atoms. The molecule has 118 valence electrons. The van der Waals surface area contributed by atoms with Crippen LogP contribution in [0.25, 0.3) is 11.1 Å². The molecule has 0 bridgehead atoms. The summed E-state index contributed by atoms with van der Waals surface area (Å²) in [6.07, 6.45) is 0. The summed E-state index contributed by atoms with van der Waals surface area (Å²) < 4.78 is 9.26. The van der Waals surface area contributed by atoms with Crippen molar-refractivity contribution < 1.29 is 24.0 Å². The minimum absolute atomic E-state index is 0.0542. The first-order valence-corrected chi connectivity index (χ1v) is 6.54. The molecular weight excluding hydrogens is 302 g/mol. The van der Waals surface area contributed by atoms with Gasteiger partial charge in [0.05, 0.1) is 35.8 Å². The van der Waals surface area contributed by atoms with Crippen molar-refractivity contribution in [3.63, 3.8) is 0 Å². The Morgan fingerprint density at radius 1 is 0.957 bits per heavy atom. The first-order valence-electron chi connectivity index (χ1n) is 6.54. The Morgan fingerprint density at radius 2 is 1.61 bits per heavy atom. The van der Waals surface area contributed by atoms with Gasteiger partial charge in [0.25, 0.3) is 5.69 Å². The van der Waals surface area contributed by atoms with Gasteiger partial charge >= 0.3 is 11.9 Å². The van der Waals surface area contributed by atoms with Crippen LogP contribution in [0.5, 0.6) is 0 Å². The van der Waals surface area contributed by atoms with E-state index in [0.29, 0.717) is 5.56 Å². The Morgan fingerprint density at radius 3 is 2.22 bits per heavy atom. The van der Waals surface area contributed by atoms with Crippen molar-refractivity contribution in [1.29, 1.82) is 0 Å². The molecule has 0 fully saturated rings. The van der Waals surface area contributed by atoms with E-state index in [1.807, 2.05) is 0 Å². The lowest BCUT2D eigenvalue weighted by atomic mass is 9.97. The molecule has 0 N–H and O–H groups in total. The summed E-state index contributed by atoms with van der Waals surface area (Å²) in [7, 11) is 2.42. The molecule has 7 heteroatoms. The number of ether oxygens (including phenoxy) is 2. The lowest BCUT2D eigenvalue weighted by Crippen LogP contribution is -2.06. The summed E-state index contributed by atoms with van der Waals surface area (Å²) >= 11 is 0. The molecule has 0 aromatic heterocycles. The summed E-state index contributed by atoms with van der Waals surface area (Å²) in [5, 5.41) is 11.3. The summed E-state index contributed by atoms with van der Waals surface area (Å²) in [6, 6.07) is 10.3. The molecule has 7 nitrogen and oxygen atoms in total. The predicted molar refractivity (Wildman–Crippen MR) is 81.2 cm³/mol. The molecule has 0 amide bonds. The van der Waals surface area contributed by atoms with Gasteiger partial charge < -0.3 is 9.47 Å². The normalized spacial score (nSPS) is 10.0. The number of hydrogen-bond donors (Lipinski definition) is 0.